The molecule has 0 nitrogen and oxygen atoms in total. The molecule has 8 aromatic carbocycles. The van der Waals surface area contributed by atoms with Crippen LogP contribution in [0.25, 0.3) is 54.9 Å². The van der Waals surface area contributed by atoms with Crippen molar-refractivity contribution in [2.45, 2.75) is 107 Å². The average molecular weight is 976 g/mol. The molecule has 0 spiro atoms. The van der Waals surface area contributed by atoms with Crippen molar-refractivity contribution >= 4 is 58.5 Å². The molecule has 2 radical (unpaired) electrons. The second-order valence-corrected chi connectivity index (χ2v) is 22.9. The maximum Gasteiger partial charge on any atom is 0.0920 e. The number of aryl methyl sites for hydroxylation is 4. The van der Waals surface area contributed by atoms with Crippen LogP contribution in [0.2, 0.25) is 0 Å². The summed E-state index contributed by atoms with van der Waals surface area (Å²) in [4.78, 5) is 0. The maximum absolute atomic E-state index is 4.93. The maximum atomic E-state index is 4.93. The van der Waals surface area contributed by atoms with E-state index in [2.05, 4.69) is 195 Å². The van der Waals surface area contributed by atoms with Gasteiger partial charge in [-0.3, -0.25) is 0 Å². The van der Waals surface area contributed by atoms with E-state index in [4.69, 9.17) is 17.0 Å². The van der Waals surface area contributed by atoms with Crippen molar-refractivity contribution in [2.75, 3.05) is 0 Å². The summed E-state index contributed by atoms with van der Waals surface area (Å²) in [6.07, 6.45) is 9.15. The van der Waals surface area contributed by atoms with Crippen LogP contribution in [0.1, 0.15) is 102 Å². The van der Waals surface area contributed by atoms with Crippen molar-refractivity contribution in [3.8, 4) is 33.4 Å². The summed E-state index contributed by atoms with van der Waals surface area (Å²) in [6.45, 7) is 18.3. The summed E-state index contributed by atoms with van der Waals surface area (Å²) in [6, 6.07) is 55.1. The van der Waals surface area contributed by atoms with Crippen molar-refractivity contribution in [3.05, 3.63) is 179 Å². The first-order valence-corrected chi connectivity index (χ1v) is 30.9. The summed E-state index contributed by atoms with van der Waals surface area (Å²) < 4.78 is 0. The monoisotopic (exact) mass is 973 g/mol. The summed E-state index contributed by atoms with van der Waals surface area (Å²) in [5.74, 6) is 1.40. The Morgan fingerprint density at radius 2 is 0.969 bits per heavy atom. The van der Waals surface area contributed by atoms with Gasteiger partial charge < -0.3 is 0 Å². The first-order valence-electron chi connectivity index (χ1n) is 23.6. The number of halogens is 2. The van der Waals surface area contributed by atoms with Crippen molar-refractivity contribution in [1.82, 2.24) is 0 Å². The normalized spacial score (nSPS) is 11.4. The first kappa shape index (κ1) is 49.6. The largest absolute Gasteiger partial charge is 0.184 e. The van der Waals surface area contributed by atoms with Crippen LogP contribution >= 0.6 is 17.0 Å². The van der Waals surface area contributed by atoms with Crippen LogP contribution in [0.5, 0.6) is 0 Å². The van der Waals surface area contributed by atoms with Gasteiger partial charge in [-0.25, -0.2) is 0 Å². The molecule has 1 aliphatic rings. The third-order valence-corrected chi connectivity index (χ3v) is 13.4. The standard InChI is InChI=1S/2C24H29.C12H7Si.2ClH.Zr/c2*1-5-9-20-12-13-21-15-18(14-17(3)4)16-23(21)24(20)22-11-8-7-10-19(22)6-2;1-3-7-11-9(5-1)10-6-2-4-8-12(10)13-11;;;/h2*7-8,10-13,15-17H,5-6,9,14H2,1-4H3;1-7H;2*1H;/q3*-1;;;+2/p-2. The molecule has 330 valence electrons. The molecule has 0 saturated carbocycles. The van der Waals surface area contributed by atoms with E-state index in [9.17, 15) is 0 Å². The molecule has 0 N–H and O–H groups in total. The van der Waals surface area contributed by atoms with Crippen LogP contribution in [-0.2, 0) is 59.4 Å². The van der Waals surface area contributed by atoms with Gasteiger partial charge in [-0.05, 0) is 72.6 Å². The van der Waals surface area contributed by atoms with Crippen LogP contribution in [0, 0.1) is 17.9 Å². The van der Waals surface area contributed by atoms with Crippen molar-refractivity contribution in [2.24, 2.45) is 11.8 Å². The summed E-state index contributed by atoms with van der Waals surface area (Å²) in [5, 5.41) is 8.50. The third-order valence-electron chi connectivity index (χ3n) is 12.1. The second-order valence-electron chi connectivity index (χ2n) is 17.9. The minimum atomic E-state index is -0.826. The molecule has 1 heterocycles. The predicted octanol–water partition coefficient (Wildman–Crippen LogP) is 16.4. The fourth-order valence-corrected chi connectivity index (χ4v) is 10.7. The number of benzene rings is 6. The van der Waals surface area contributed by atoms with Gasteiger partial charge >= 0.3 is 37.9 Å². The molecule has 0 atom stereocenters. The number of hydrogen-bond acceptors (Lipinski definition) is 0. The number of hydrogen-bond donors (Lipinski definition) is 0. The van der Waals surface area contributed by atoms with Crippen LogP contribution in [0.15, 0.2) is 140 Å². The van der Waals surface area contributed by atoms with Gasteiger partial charge in [-0.2, -0.15) is 41.6 Å². The molecule has 0 bridgehead atoms. The minimum absolute atomic E-state index is 0.698. The molecule has 0 aliphatic carbocycles. The molecule has 0 fully saturated rings. The van der Waals surface area contributed by atoms with Gasteiger partial charge in [-0.1, -0.05) is 174 Å². The Hall–Kier alpha value is -3.78. The van der Waals surface area contributed by atoms with E-state index in [1.165, 1.54) is 112 Å². The molecule has 9 rings (SSSR count). The van der Waals surface area contributed by atoms with Gasteiger partial charge in [0.1, 0.15) is 0 Å². The summed E-state index contributed by atoms with van der Waals surface area (Å²) >= 11 is -0.826. The van der Waals surface area contributed by atoms with Gasteiger partial charge in [0.25, 0.3) is 0 Å². The topological polar surface area (TPSA) is 0 Å². The van der Waals surface area contributed by atoms with Crippen LogP contribution in [0.3, 0.4) is 0 Å². The predicted molar refractivity (Wildman–Crippen MR) is 281 cm³/mol. The Kier molecular flexibility index (Phi) is 19.1. The van der Waals surface area contributed by atoms with E-state index in [1.54, 1.807) is 0 Å². The molecule has 0 amide bonds. The Morgan fingerprint density at radius 3 is 1.42 bits per heavy atom. The van der Waals surface area contributed by atoms with Crippen LogP contribution < -0.4 is 10.4 Å². The van der Waals surface area contributed by atoms with E-state index in [-0.39, 0.29) is 0 Å². The van der Waals surface area contributed by atoms with Crippen LogP contribution in [0.4, 0.5) is 0 Å². The van der Waals surface area contributed by atoms with Crippen molar-refractivity contribution in [1.29, 1.82) is 0 Å². The van der Waals surface area contributed by atoms with Crippen molar-refractivity contribution < 1.29 is 20.8 Å². The van der Waals surface area contributed by atoms with E-state index in [0.717, 1.165) is 48.0 Å². The molecule has 8 aromatic rings. The van der Waals surface area contributed by atoms with E-state index < -0.39 is 20.8 Å². The fraction of sp³-hybridized carbons (Fsp3) is 0.300. The number of fused-ring (bicyclic) bond motifs is 5. The quantitative estimate of drug-likeness (QED) is 0.0845. The smallest absolute Gasteiger partial charge is 0.0920 e. The SMILES string of the molecule is CCCc1ccc2[cH-]c(CC(C)C)cc2c1-c1ccccc1CC.CCCc1ccc2[cH-]c(CC(C)C)cc2c1-c1ccccc1CC.[Cl][Zr][Cl].[c-]1cccc2c1[Si]c1ccccc1-2. The second kappa shape index (κ2) is 24.7. The molecular formula is C60H65Cl2SiZr-3. The van der Waals surface area contributed by atoms with Gasteiger partial charge in [-0.15, -0.1) is 74.6 Å². The van der Waals surface area contributed by atoms with E-state index in [1.807, 2.05) is 6.07 Å². The van der Waals surface area contributed by atoms with Gasteiger partial charge in [0.05, 0.1) is 9.52 Å². The molecular weight excluding hydrogens is 911 g/mol. The van der Waals surface area contributed by atoms with E-state index >= 15 is 0 Å². The Bertz CT molecular complexity index is 2530. The molecule has 64 heavy (non-hydrogen) atoms. The Balaban J connectivity index is 0.000000160. The van der Waals surface area contributed by atoms with Gasteiger partial charge in [0, 0.05) is 0 Å². The average Bonchev–Trinajstić information content (AvgIpc) is 4.01. The fourth-order valence-electron chi connectivity index (χ4n) is 9.42. The Labute approximate surface area is 407 Å². The molecule has 1 aliphatic heterocycles. The van der Waals surface area contributed by atoms with Crippen molar-refractivity contribution in [3.63, 3.8) is 0 Å². The minimum Gasteiger partial charge on any atom is -0.184 e. The first-order chi connectivity index (χ1) is 31.1. The zero-order chi connectivity index (χ0) is 45.6. The molecule has 0 saturated heterocycles. The molecule has 0 unspecified atom stereocenters. The van der Waals surface area contributed by atoms with Gasteiger partial charge in [0.2, 0.25) is 0 Å². The molecule has 4 heteroatoms. The third kappa shape index (κ3) is 12.4. The van der Waals surface area contributed by atoms with Crippen LogP contribution in [-0.4, -0.2) is 9.52 Å². The van der Waals surface area contributed by atoms with E-state index in [0.29, 0.717) is 11.8 Å². The zero-order valence-corrected chi connectivity index (χ0v) is 44.3. The zero-order valence-electron chi connectivity index (χ0n) is 39.3. The summed E-state index contributed by atoms with van der Waals surface area (Å²) in [7, 11) is 10.7. The summed E-state index contributed by atoms with van der Waals surface area (Å²) in [5.41, 5.74) is 17.4. The van der Waals surface area contributed by atoms with Gasteiger partial charge in [0.15, 0.2) is 0 Å². The molecule has 0 aromatic heterocycles. The number of rotatable bonds is 12. The Morgan fingerprint density at radius 1 is 0.531 bits per heavy atom.